The normalized spacial score (nSPS) is 11.3. The summed E-state index contributed by atoms with van der Waals surface area (Å²) in [6, 6.07) is 1.63. The summed E-state index contributed by atoms with van der Waals surface area (Å²) in [7, 11) is 0. The number of rotatable bonds is 5. The highest BCUT2D eigenvalue weighted by molar-refractivity contribution is 7.45. The third kappa shape index (κ3) is 6.95. The Balaban J connectivity index is 3.37. The van der Waals surface area contributed by atoms with Crippen molar-refractivity contribution in [1.82, 2.24) is 0 Å². The predicted molar refractivity (Wildman–Crippen MR) is 54.0 cm³/mol. The summed E-state index contributed by atoms with van der Waals surface area (Å²) in [5.74, 6) is -0.247. The molecule has 0 radical (unpaired) electrons. The Bertz CT molecular complexity index is 150. The molecule has 0 amide bonds. The van der Waals surface area contributed by atoms with Crippen LogP contribution in [0.1, 0.15) is 20.3 Å². The standard InChI is InChI=1S/C7H14Cl2O2Si/c1-3-12(8,9)6-4-5-11-7(2)10/h3-6H2,1-2H3. The Morgan fingerprint density at radius 2 is 2.08 bits per heavy atom. The zero-order valence-electron chi connectivity index (χ0n) is 7.40. The maximum absolute atomic E-state index is 10.4. The van der Waals surface area contributed by atoms with Gasteiger partial charge in [0, 0.05) is 6.92 Å². The van der Waals surface area contributed by atoms with Crippen LogP contribution in [0.5, 0.6) is 0 Å². The van der Waals surface area contributed by atoms with E-state index in [1.165, 1.54) is 6.92 Å². The molecule has 12 heavy (non-hydrogen) atoms. The molecule has 0 spiro atoms. The third-order valence-corrected chi connectivity index (χ3v) is 6.37. The van der Waals surface area contributed by atoms with E-state index in [1.807, 2.05) is 6.92 Å². The van der Waals surface area contributed by atoms with Gasteiger partial charge in [-0.25, -0.2) is 0 Å². The quantitative estimate of drug-likeness (QED) is 0.313. The number of hydrogen-bond acceptors (Lipinski definition) is 2. The van der Waals surface area contributed by atoms with Crippen molar-refractivity contribution in [2.24, 2.45) is 0 Å². The van der Waals surface area contributed by atoms with Crippen molar-refractivity contribution >= 4 is 34.8 Å². The second-order valence-corrected chi connectivity index (χ2v) is 10.5. The number of halogens is 2. The van der Waals surface area contributed by atoms with Gasteiger partial charge in [0.1, 0.15) is 0 Å². The molecule has 2 nitrogen and oxygen atoms in total. The molecule has 0 heterocycles. The SMILES string of the molecule is CC[Si](Cl)(Cl)CCCOC(C)=O. The summed E-state index contributed by atoms with van der Waals surface area (Å²) in [6.07, 6.45) is 0.770. The molecular formula is C7H14Cl2O2Si. The average molecular weight is 229 g/mol. The molecule has 0 aromatic rings. The smallest absolute Gasteiger partial charge is 0.302 e. The van der Waals surface area contributed by atoms with E-state index in [0.29, 0.717) is 6.61 Å². The predicted octanol–water partition coefficient (Wildman–Crippen LogP) is 2.88. The number of ether oxygens (including phenoxy) is 1. The second kappa shape index (κ2) is 5.83. The molecule has 0 aromatic carbocycles. The van der Waals surface area contributed by atoms with Crippen molar-refractivity contribution in [3.8, 4) is 0 Å². The lowest BCUT2D eigenvalue weighted by molar-refractivity contribution is -0.140. The van der Waals surface area contributed by atoms with E-state index >= 15 is 0 Å². The first kappa shape index (κ1) is 12.3. The summed E-state index contributed by atoms with van der Waals surface area (Å²) >= 11 is 12.0. The van der Waals surface area contributed by atoms with Crippen LogP contribution in [0.3, 0.4) is 0 Å². The molecule has 0 aliphatic carbocycles. The maximum atomic E-state index is 10.4. The molecule has 0 atom stereocenters. The first-order valence-corrected chi connectivity index (χ1v) is 8.43. The van der Waals surface area contributed by atoms with E-state index in [1.54, 1.807) is 0 Å². The van der Waals surface area contributed by atoms with Gasteiger partial charge in [-0.15, -0.1) is 22.2 Å². The van der Waals surface area contributed by atoms with Crippen molar-refractivity contribution in [3.63, 3.8) is 0 Å². The van der Waals surface area contributed by atoms with Gasteiger partial charge in [-0.2, -0.15) is 0 Å². The fourth-order valence-electron chi connectivity index (χ4n) is 0.723. The summed E-state index contributed by atoms with van der Waals surface area (Å²) in [6.45, 7) is 1.82. The van der Waals surface area contributed by atoms with Gasteiger partial charge < -0.3 is 4.74 Å². The molecule has 0 saturated heterocycles. The molecule has 0 unspecified atom stereocenters. The largest absolute Gasteiger partial charge is 0.466 e. The van der Waals surface area contributed by atoms with Gasteiger partial charge in [0.25, 0.3) is 6.69 Å². The van der Waals surface area contributed by atoms with Crippen molar-refractivity contribution in [2.45, 2.75) is 32.4 Å². The zero-order chi connectivity index (χ0) is 9.61. The molecule has 0 aliphatic rings. The van der Waals surface area contributed by atoms with Crippen LogP contribution < -0.4 is 0 Å². The molecule has 0 fully saturated rings. The first-order chi connectivity index (χ1) is 5.48. The van der Waals surface area contributed by atoms with Crippen LogP contribution in [0, 0.1) is 0 Å². The van der Waals surface area contributed by atoms with Crippen molar-refractivity contribution in [2.75, 3.05) is 6.61 Å². The minimum Gasteiger partial charge on any atom is -0.466 e. The molecular weight excluding hydrogens is 215 g/mol. The van der Waals surface area contributed by atoms with Crippen LogP contribution in [0.2, 0.25) is 12.1 Å². The van der Waals surface area contributed by atoms with Crippen molar-refractivity contribution in [3.05, 3.63) is 0 Å². The van der Waals surface area contributed by atoms with Gasteiger partial charge in [-0.1, -0.05) is 6.92 Å². The average Bonchev–Trinajstić information content (AvgIpc) is 1.98. The number of hydrogen-bond donors (Lipinski definition) is 0. The molecule has 0 saturated carbocycles. The lowest BCUT2D eigenvalue weighted by Gasteiger charge is -2.12. The van der Waals surface area contributed by atoms with Gasteiger partial charge in [-0.3, -0.25) is 4.79 Å². The highest BCUT2D eigenvalue weighted by Crippen LogP contribution is 2.26. The fourth-order valence-corrected chi connectivity index (χ4v) is 2.54. The Morgan fingerprint density at radius 3 is 2.50 bits per heavy atom. The van der Waals surface area contributed by atoms with E-state index in [0.717, 1.165) is 18.5 Å². The lowest BCUT2D eigenvalue weighted by Crippen LogP contribution is -2.17. The summed E-state index contributed by atoms with van der Waals surface area (Å²) in [4.78, 5) is 10.4. The van der Waals surface area contributed by atoms with Crippen LogP contribution in [0.25, 0.3) is 0 Å². The molecule has 0 aliphatic heterocycles. The van der Waals surface area contributed by atoms with Crippen LogP contribution in [0.4, 0.5) is 0 Å². The van der Waals surface area contributed by atoms with E-state index in [4.69, 9.17) is 26.9 Å². The molecule has 0 N–H and O–H groups in total. The van der Waals surface area contributed by atoms with Gasteiger partial charge in [0.2, 0.25) is 0 Å². The number of esters is 1. The first-order valence-electron chi connectivity index (χ1n) is 3.99. The Kier molecular flexibility index (Phi) is 5.96. The minimum atomic E-state index is -2.00. The second-order valence-electron chi connectivity index (χ2n) is 2.65. The van der Waals surface area contributed by atoms with Crippen LogP contribution in [0.15, 0.2) is 0 Å². The monoisotopic (exact) mass is 228 g/mol. The molecule has 0 bridgehead atoms. The number of carbonyl (C=O) groups excluding carboxylic acids is 1. The molecule has 0 rings (SSSR count). The van der Waals surface area contributed by atoms with E-state index in [2.05, 4.69) is 0 Å². The van der Waals surface area contributed by atoms with Crippen molar-refractivity contribution < 1.29 is 9.53 Å². The van der Waals surface area contributed by atoms with E-state index < -0.39 is 6.69 Å². The van der Waals surface area contributed by atoms with E-state index in [-0.39, 0.29) is 5.97 Å². The molecule has 5 heteroatoms. The summed E-state index contributed by atoms with van der Waals surface area (Å²) in [5, 5.41) is 0. The fraction of sp³-hybridized carbons (Fsp3) is 0.857. The van der Waals surface area contributed by atoms with Crippen LogP contribution >= 0.6 is 22.2 Å². The highest BCUT2D eigenvalue weighted by atomic mass is 35.7. The Labute approximate surface area is 83.6 Å². The topological polar surface area (TPSA) is 26.3 Å². The van der Waals surface area contributed by atoms with Gasteiger partial charge in [0.15, 0.2) is 0 Å². The minimum absolute atomic E-state index is 0.247. The summed E-state index contributed by atoms with van der Waals surface area (Å²) in [5.41, 5.74) is 0. The van der Waals surface area contributed by atoms with Crippen molar-refractivity contribution in [1.29, 1.82) is 0 Å². The Hall–Kier alpha value is 0.267. The van der Waals surface area contributed by atoms with Gasteiger partial charge >= 0.3 is 5.97 Å². The van der Waals surface area contributed by atoms with Crippen LogP contribution in [-0.4, -0.2) is 19.3 Å². The Morgan fingerprint density at radius 1 is 1.50 bits per heavy atom. The maximum Gasteiger partial charge on any atom is 0.302 e. The van der Waals surface area contributed by atoms with Gasteiger partial charge in [-0.05, 0) is 18.5 Å². The van der Waals surface area contributed by atoms with Crippen LogP contribution in [-0.2, 0) is 9.53 Å². The lowest BCUT2D eigenvalue weighted by atomic mass is 10.5. The van der Waals surface area contributed by atoms with Gasteiger partial charge in [0.05, 0.1) is 6.61 Å². The molecule has 0 aromatic heterocycles. The third-order valence-electron chi connectivity index (χ3n) is 1.51. The molecule has 72 valence electrons. The highest BCUT2D eigenvalue weighted by Gasteiger charge is 2.24. The zero-order valence-corrected chi connectivity index (χ0v) is 9.91. The number of carbonyl (C=O) groups is 1. The summed E-state index contributed by atoms with van der Waals surface area (Å²) < 4.78 is 4.75. The van der Waals surface area contributed by atoms with E-state index in [9.17, 15) is 4.79 Å².